The largest absolute Gasteiger partial charge is 0.378 e. The number of aromatic nitrogens is 2. The first kappa shape index (κ1) is 19.6. The Kier molecular flexibility index (Phi) is 5.89. The van der Waals surface area contributed by atoms with Crippen LogP contribution in [0.5, 0.6) is 0 Å². The lowest BCUT2D eigenvalue weighted by molar-refractivity contribution is -0.120. The summed E-state index contributed by atoms with van der Waals surface area (Å²) in [5.74, 6) is 0.262. The topological polar surface area (TPSA) is 70.6 Å². The molecule has 4 rings (SSSR count). The fourth-order valence-electron chi connectivity index (χ4n) is 3.77. The van der Waals surface area contributed by atoms with Crippen LogP contribution in [-0.2, 0) is 9.53 Å². The van der Waals surface area contributed by atoms with Gasteiger partial charge in [-0.1, -0.05) is 6.07 Å². The Balaban J connectivity index is 1.32. The van der Waals surface area contributed by atoms with E-state index in [1.165, 1.54) is 12.1 Å². The van der Waals surface area contributed by atoms with Crippen molar-refractivity contribution in [1.82, 2.24) is 9.97 Å². The van der Waals surface area contributed by atoms with Crippen LogP contribution in [-0.4, -0.2) is 55.3 Å². The lowest BCUT2D eigenvalue weighted by atomic mass is 9.95. The molecule has 2 aromatic rings. The number of anilines is 3. The second-order valence-electron chi connectivity index (χ2n) is 7.55. The first-order chi connectivity index (χ1) is 14.1. The third kappa shape index (κ3) is 4.64. The van der Waals surface area contributed by atoms with Gasteiger partial charge in [-0.05, 0) is 37.5 Å². The van der Waals surface area contributed by atoms with Gasteiger partial charge in [0.15, 0.2) is 0 Å². The molecule has 0 aliphatic carbocycles. The third-order valence-corrected chi connectivity index (χ3v) is 5.61. The van der Waals surface area contributed by atoms with E-state index < -0.39 is 0 Å². The van der Waals surface area contributed by atoms with Crippen molar-refractivity contribution >= 4 is 23.2 Å². The zero-order chi connectivity index (χ0) is 20.2. The Morgan fingerprint density at radius 3 is 2.48 bits per heavy atom. The summed E-state index contributed by atoms with van der Waals surface area (Å²) in [6.07, 6.45) is 5.19. The molecule has 0 saturated carbocycles. The SMILES string of the molecule is Cc1ccc(F)cc1NC(=O)C1CCN(c2cnc(N3CCOCC3)nc2)CC1. The number of nitrogens with zero attached hydrogens (tertiary/aromatic N) is 4. The first-order valence-corrected chi connectivity index (χ1v) is 10.1. The molecule has 0 bridgehead atoms. The molecule has 2 aliphatic heterocycles. The Hall–Kier alpha value is -2.74. The van der Waals surface area contributed by atoms with E-state index in [1.807, 2.05) is 19.3 Å². The van der Waals surface area contributed by atoms with Crippen LogP contribution in [0.2, 0.25) is 0 Å². The number of carbonyl (C=O) groups excluding carboxylic acids is 1. The highest BCUT2D eigenvalue weighted by atomic mass is 19.1. The van der Waals surface area contributed by atoms with Crippen LogP contribution in [0.4, 0.5) is 21.7 Å². The van der Waals surface area contributed by atoms with E-state index in [9.17, 15) is 9.18 Å². The lowest BCUT2D eigenvalue weighted by Gasteiger charge is -2.33. The van der Waals surface area contributed by atoms with Crippen molar-refractivity contribution in [3.63, 3.8) is 0 Å². The van der Waals surface area contributed by atoms with Gasteiger partial charge >= 0.3 is 0 Å². The fourth-order valence-corrected chi connectivity index (χ4v) is 3.77. The van der Waals surface area contributed by atoms with Crippen molar-refractivity contribution in [3.8, 4) is 0 Å². The van der Waals surface area contributed by atoms with Gasteiger partial charge in [0.05, 0.1) is 31.3 Å². The molecule has 29 heavy (non-hydrogen) atoms. The highest BCUT2D eigenvalue weighted by Crippen LogP contribution is 2.25. The van der Waals surface area contributed by atoms with Crippen molar-refractivity contribution in [2.24, 2.45) is 5.92 Å². The summed E-state index contributed by atoms with van der Waals surface area (Å²) in [4.78, 5) is 25.9. The smallest absolute Gasteiger partial charge is 0.227 e. The monoisotopic (exact) mass is 399 g/mol. The number of morpholine rings is 1. The van der Waals surface area contributed by atoms with Crippen molar-refractivity contribution in [1.29, 1.82) is 0 Å². The van der Waals surface area contributed by atoms with E-state index in [0.29, 0.717) is 18.9 Å². The molecule has 0 unspecified atom stereocenters. The molecule has 1 aromatic carbocycles. The van der Waals surface area contributed by atoms with Crippen LogP contribution in [0.3, 0.4) is 0 Å². The number of nitrogens with one attached hydrogen (secondary N) is 1. The zero-order valence-electron chi connectivity index (χ0n) is 16.6. The second kappa shape index (κ2) is 8.73. The summed E-state index contributed by atoms with van der Waals surface area (Å²) in [6.45, 7) is 6.42. The molecule has 7 nitrogen and oxygen atoms in total. The molecule has 2 fully saturated rings. The lowest BCUT2D eigenvalue weighted by Crippen LogP contribution is -2.39. The Labute approximate surface area is 169 Å². The maximum absolute atomic E-state index is 13.4. The van der Waals surface area contributed by atoms with E-state index in [4.69, 9.17) is 4.74 Å². The predicted molar refractivity (Wildman–Crippen MR) is 110 cm³/mol. The maximum Gasteiger partial charge on any atom is 0.227 e. The van der Waals surface area contributed by atoms with Gasteiger partial charge in [-0.15, -0.1) is 0 Å². The average molecular weight is 399 g/mol. The van der Waals surface area contributed by atoms with Gasteiger partial charge < -0.3 is 19.9 Å². The second-order valence-corrected chi connectivity index (χ2v) is 7.55. The summed E-state index contributed by atoms with van der Waals surface area (Å²) in [6, 6.07) is 4.44. The number of hydrogen-bond donors (Lipinski definition) is 1. The minimum Gasteiger partial charge on any atom is -0.378 e. The Bertz CT molecular complexity index is 847. The maximum atomic E-state index is 13.4. The standard InChI is InChI=1S/C21H26FN5O2/c1-15-2-3-17(22)12-19(15)25-20(28)16-4-6-26(7-5-16)18-13-23-21(24-14-18)27-8-10-29-11-9-27/h2-3,12-14,16H,4-11H2,1H3,(H,25,28). The molecule has 154 valence electrons. The van der Waals surface area contributed by atoms with Gasteiger partial charge in [-0.2, -0.15) is 0 Å². The van der Waals surface area contributed by atoms with Gasteiger partial charge in [0.25, 0.3) is 0 Å². The molecule has 1 N–H and O–H groups in total. The normalized spacial score (nSPS) is 18.0. The molecule has 1 amide bonds. The van der Waals surface area contributed by atoms with Crippen LogP contribution in [0.25, 0.3) is 0 Å². The molecular weight excluding hydrogens is 373 g/mol. The number of piperidine rings is 1. The van der Waals surface area contributed by atoms with Crippen LogP contribution < -0.4 is 15.1 Å². The van der Waals surface area contributed by atoms with E-state index in [2.05, 4.69) is 25.1 Å². The minimum absolute atomic E-state index is 0.0442. The summed E-state index contributed by atoms with van der Waals surface area (Å²) in [7, 11) is 0. The summed E-state index contributed by atoms with van der Waals surface area (Å²) in [5, 5.41) is 2.88. The van der Waals surface area contributed by atoms with Crippen LogP contribution in [0.1, 0.15) is 18.4 Å². The van der Waals surface area contributed by atoms with Gasteiger partial charge in [-0.25, -0.2) is 14.4 Å². The Morgan fingerprint density at radius 2 is 1.79 bits per heavy atom. The van der Waals surface area contributed by atoms with Crippen LogP contribution in [0, 0.1) is 18.7 Å². The molecular formula is C21H26FN5O2. The van der Waals surface area contributed by atoms with E-state index in [-0.39, 0.29) is 17.6 Å². The number of halogens is 1. The first-order valence-electron chi connectivity index (χ1n) is 10.1. The predicted octanol–water partition coefficient (Wildman–Crippen LogP) is 2.62. The highest BCUT2D eigenvalue weighted by molar-refractivity contribution is 5.93. The number of aryl methyl sites for hydroxylation is 1. The zero-order valence-corrected chi connectivity index (χ0v) is 16.6. The summed E-state index contributed by atoms with van der Waals surface area (Å²) < 4.78 is 18.8. The van der Waals surface area contributed by atoms with E-state index >= 15 is 0 Å². The van der Waals surface area contributed by atoms with Crippen molar-refractivity contribution in [2.45, 2.75) is 19.8 Å². The molecule has 1 aromatic heterocycles. The fraction of sp³-hybridized carbons (Fsp3) is 0.476. The van der Waals surface area contributed by atoms with Gasteiger partial charge in [0.1, 0.15) is 5.82 Å². The number of benzene rings is 1. The minimum atomic E-state index is -0.346. The molecule has 8 heteroatoms. The summed E-state index contributed by atoms with van der Waals surface area (Å²) in [5.41, 5.74) is 2.38. The number of hydrogen-bond acceptors (Lipinski definition) is 6. The number of ether oxygens (including phenoxy) is 1. The number of amides is 1. The van der Waals surface area contributed by atoms with Crippen molar-refractivity contribution in [3.05, 3.63) is 42.0 Å². The molecule has 2 saturated heterocycles. The Morgan fingerprint density at radius 1 is 1.10 bits per heavy atom. The van der Waals surface area contributed by atoms with Gasteiger partial charge in [-0.3, -0.25) is 4.79 Å². The molecule has 3 heterocycles. The van der Waals surface area contributed by atoms with Crippen molar-refractivity contribution in [2.75, 3.05) is 54.5 Å². The van der Waals surface area contributed by atoms with Gasteiger partial charge in [0, 0.05) is 37.8 Å². The number of carbonyl (C=O) groups is 1. The van der Waals surface area contributed by atoms with Gasteiger partial charge in [0.2, 0.25) is 11.9 Å². The highest BCUT2D eigenvalue weighted by Gasteiger charge is 2.26. The van der Waals surface area contributed by atoms with Crippen LogP contribution in [0.15, 0.2) is 30.6 Å². The molecule has 2 aliphatic rings. The third-order valence-electron chi connectivity index (χ3n) is 5.61. The number of rotatable bonds is 4. The van der Waals surface area contributed by atoms with Crippen LogP contribution >= 0.6 is 0 Å². The average Bonchev–Trinajstić information content (AvgIpc) is 2.77. The van der Waals surface area contributed by atoms with E-state index in [1.54, 1.807) is 6.07 Å². The van der Waals surface area contributed by atoms with E-state index in [0.717, 1.165) is 56.2 Å². The molecule has 0 atom stereocenters. The molecule has 0 spiro atoms. The quantitative estimate of drug-likeness (QED) is 0.852. The van der Waals surface area contributed by atoms with Crippen molar-refractivity contribution < 1.29 is 13.9 Å². The molecule has 0 radical (unpaired) electrons. The summed E-state index contributed by atoms with van der Waals surface area (Å²) >= 11 is 0.